The number of thiophene rings is 1. The van der Waals surface area contributed by atoms with Gasteiger partial charge in [-0.25, -0.2) is 15.0 Å². The third-order valence-electron chi connectivity index (χ3n) is 3.27. The number of hydrogen-bond donors (Lipinski definition) is 0. The molecular formula is C15H12N6S4. The molecular weight excluding hydrogens is 392 g/mol. The molecule has 0 N–H and O–H groups in total. The molecule has 0 saturated heterocycles. The number of nitrogens with zero attached hydrogens (tertiary/aromatic N) is 6. The van der Waals surface area contributed by atoms with Gasteiger partial charge < -0.3 is 0 Å². The Bertz CT molecular complexity index is 1020. The van der Waals surface area contributed by atoms with Crippen molar-refractivity contribution in [2.24, 2.45) is 0 Å². The van der Waals surface area contributed by atoms with Crippen molar-refractivity contribution in [2.75, 3.05) is 6.26 Å². The summed E-state index contributed by atoms with van der Waals surface area (Å²) in [6, 6.07) is 4.05. The number of fused-ring (bicyclic) bond motifs is 1. The Morgan fingerprint density at radius 1 is 1.32 bits per heavy atom. The highest BCUT2D eigenvalue weighted by Crippen LogP contribution is 2.37. The molecule has 0 aliphatic rings. The predicted molar refractivity (Wildman–Crippen MR) is 105 cm³/mol. The van der Waals surface area contributed by atoms with Gasteiger partial charge in [-0.15, -0.1) is 39.4 Å². The third kappa shape index (κ3) is 3.22. The van der Waals surface area contributed by atoms with Gasteiger partial charge in [0, 0.05) is 6.54 Å². The highest BCUT2D eigenvalue weighted by Gasteiger charge is 2.18. The van der Waals surface area contributed by atoms with Crippen molar-refractivity contribution in [2.45, 2.75) is 21.1 Å². The van der Waals surface area contributed by atoms with E-state index in [0.29, 0.717) is 6.54 Å². The number of thioether (sulfide) groups is 1. The summed E-state index contributed by atoms with van der Waals surface area (Å²) in [5.74, 6) is 0.844. The molecule has 0 amide bonds. The number of rotatable bonds is 6. The normalized spacial score (nSPS) is 11.2. The van der Waals surface area contributed by atoms with E-state index in [9.17, 15) is 0 Å². The van der Waals surface area contributed by atoms with Crippen LogP contribution in [0, 0.1) is 0 Å². The van der Waals surface area contributed by atoms with E-state index in [1.54, 1.807) is 40.8 Å². The molecule has 4 heterocycles. The van der Waals surface area contributed by atoms with Crippen molar-refractivity contribution in [1.82, 2.24) is 29.7 Å². The first-order chi connectivity index (χ1) is 12.3. The summed E-state index contributed by atoms with van der Waals surface area (Å²) in [5, 5.41) is 12.4. The van der Waals surface area contributed by atoms with Crippen molar-refractivity contribution in [3.8, 4) is 10.7 Å². The lowest BCUT2D eigenvalue weighted by Gasteiger charge is -2.06. The average Bonchev–Trinajstić information content (AvgIpc) is 3.35. The molecule has 0 fully saturated rings. The number of aromatic nitrogens is 6. The van der Waals surface area contributed by atoms with E-state index in [1.807, 2.05) is 34.4 Å². The zero-order valence-corrected chi connectivity index (χ0v) is 16.4. The maximum atomic E-state index is 4.50. The zero-order valence-electron chi connectivity index (χ0n) is 13.1. The summed E-state index contributed by atoms with van der Waals surface area (Å²) in [4.78, 5) is 14.3. The minimum Gasteiger partial charge on any atom is -0.297 e. The van der Waals surface area contributed by atoms with Crippen molar-refractivity contribution < 1.29 is 0 Å². The standard InChI is InChI=1S/C15H12N6S4/c1-3-6-21-12(9-5-4-7-23-9)19-20-14(21)25-13-10-11(16-8-17-13)18-15(22-2)24-10/h3-5,7-8H,1,6H2,2H3. The molecule has 0 aromatic carbocycles. The van der Waals surface area contributed by atoms with Crippen LogP contribution in [-0.2, 0) is 6.54 Å². The lowest BCUT2D eigenvalue weighted by molar-refractivity contribution is 0.731. The molecule has 0 bridgehead atoms. The van der Waals surface area contributed by atoms with Gasteiger partial charge >= 0.3 is 0 Å². The van der Waals surface area contributed by atoms with Gasteiger partial charge in [0.2, 0.25) is 0 Å². The zero-order chi connectivity index (χ0) is 17.2. The molecule has 0 saturated carbocycles. The predicted octanol–water partition coefficient (Wildman–Crippen LogP) is 4.47. The summed E-state index contributed by atoms with van der Waals surface area (Å²) in [5.41, 5.74) is 0.722. The van der Waals surface area contributed by atoms with Crippen molar-refractivity contribution >= 4 is 56.5 Å². The van der Waals surface area contributed by atoms with Crippen LogP contribution in [0.15, 0.2) is 51.0 Å². The number of allylic oxidation sites excluding steroid dienone is 1. The highest BCUT2D eigenvalue weighted by atomic mass is 32.2. The van der Waals surface area contributed by atoms with E-state index in [4.69, 9.17) is 0 Å². The Labute approximate surface area is 160 Å². The fourth-order valence-corrected chi connectivity index (χ4v) is 5.38. The van der Waals surface area contributed by atoms with Gasteiger partial charge in [-0.3, -0.25) is 4.57 Å². The molecule has 0 unspecified atom stereocenters. The van der Waals surface area contributed by atoms with Crippen molar-refractivity contribution in [3.63, 3.8) is 0 Å². The number of thiazole rings is 1. The molecule has 4 aromatic rings. The van der Waals surface area contributed by atoms with Gasteiger partial charge in [0.1, 0.15) is 16.1 Å². The Morgan fingerprint density at radius 2 is 2.24 bits per heavy atom. The molecule has 10 heteroatoms. The first kappa shape index (κ1) is 16.7. The van der Waals surface area contributed by atoms with Crippen LogP contribution in [0.1, 0.15) is 0 Å². The Kier molecular flexibility index (Phi) is 4.84. The van der Waals surface area contributed by atoms with Crippen molar-refractivity contribution in [3.05, 3.63) is 36.5 Å². The quantitative estimate of drug-likeness (QED) is 0.267. The minimum absolute atomic E-state index is 0.634. The monoisotopic (exact) mass is 404 g/mol. The lowest BCUT2D eigenvalue weighted by atomic mass is 10.4. The first-order valence-corrected chi connectivity index (χ1v) is 10.9. The molecule has 0 aliphatic carbocycles. The van der Waals surface area contributed by atoms with Crippen LogP contribution in [0.2, 0.25) is 0 Å². The maximum Gasteiger partial charge on any atom is 0.198 e. The fraction of sp³-hybridized carbons (Fsp3) is 0.133. The van der Waals surface area contributed by atoms with E-state index < -0.39 is 0 Å². The summed E-state index contributed by atoms with van der Waals surface area (Å²) >= 11 is 6.33. The summed E-state index contributed by atoms with van der Waals surface area (Å²) in [7, 11) is 0. The molecule has 0 radical (unpaired) electrons. The summed E-state index contributed by atoms with van der Waals surface area (Å²) < 4.78 is 4.00. The molecule has 4 aromatic heterocycles. The molecule has 4 rings (SSSR count). The van der Waals surface area contributed by atoms with Gasteiger partial charge in [-0.1, -0.05) is 23.9 Å². The smallest absolute Gasteiger partial charge is 0.198 e. The van der Waals surface area contributed by atoms with E-state index in [1.165, 1.54) is 11.8 Å². The lowest BCUT2D eigenvalue weighted by Crippen LogP contribution is -2.00. The van der Waals surface area contributed by atoms with Gasteiger partial charge in [0.25, 0.3) is 0 Å². The van der Waals surface area contributed by atoms with Crippen LogP contribution in [0.4, 0.5) is 0 Å². The second kappa shape index (κ2) is 7.24. The van der Waals surface area contributed by atoms with Crippen LogP contribution in [0.25, 0.3) is 21.0 Å². The molecule has 0 spiro atoms. The summed E-state index contributed by atoms with van der Waals surface area (Å²) in [6.07, 6.45) is 5.40. The van der Waals surface area contributed by atoms with Crippen LogP contribution in [0.3, 0.4) is 0 Å². The van der Waals surface area contributed by atoms with E-state index in [-0.39, 0.29) is 0 Å². The molecule has 0 aliphatic heterocycles. The van der Waals surface area contributed by atoms with Gasteiger partial charge in [0.05, 0.1) is 4.88 Å². The average molecular weight is 405 g/mol. The largest absolute Gasteiger partial charge is 0.297 e. The fourth-order valence-electron chi connectivity index (χ4n) is 2.21. The first-order valence-electron chi connectivity index (χ1n) is 7.21. The Balaban J connectivity index is 1.76. The van der Waals surface area contributed by atoms with Crippen LogP contribution in [-0.4, -0.2) is 36.0 Å². The van der Waals surface area contributed by atoms with Gasteiger partial charge in [-0.2, -0.15) is 0 Å². The summed E-state index contributed by atoms with van der Waals surface area (Å²) in [6.45, 7) is 4.49. The topological polar surface area (TPSA) is 69.4 Å². The van der Waals surface area contributed by atoms with Crippen LogP contribution < -0.4 is 0 Å². The molecule has 6 nitrogen and oxygen atoms in total. The third-order valence-corrected chi connectivity index (χ3v) is 7.29. The van der Waals surface area contributed by atoms with Gasteiger partial charge in [-0.05, 0) is 29.5 Å². The molecule has 0 atom stereocenters. The molecule has 126 valence electrons. The Hall–Kier alpha value is -1.75. The second-order valence-corrected chi connectivity index (χ2v) is 8.76. The highest BCUT2D eigenvalue weighted by molar-refractivity contribution is 8.00. The maximum absolute atomic E-state index is 4.50. The second-order valence-electron chi connectivity index (χ2n) is 4.80. The van der Waals surface area contributed by atoms with Gasteiger partial charge in [0.15, 0.2) is 21.0 Å². The molecule has 25 heavy (non-hydrogen) atoms. The van der Waals surface area contributed by atoms with E-state index in [0.717, 1.165) is 35.6 Å². The minimum atomic E-state index is 0.634. The van der Waals surface area contributed by atoms with Crippen molar-refractivity contribution in [1.29, 1.82) is 0 Å². The SMILES string of the molecule is C=CCn1c(Sc2ncnc3nc(SC)sc23)nnc1-c1cccs1. The van der Waals surface area contributed by atoms with Crippen LogP contribution >= 0.6 is 46.2 Å². The van der Waals surface area contributed by atoms with E-state index in [2.05, 4.69) is 31.7 Å². The van der Waals surface area contributed by atoms with E-state index >= 15 is 0 Å². The van der Waals surface area contributed by atoms with Crippen LogP contribution in [0.5, 0.6) is 0 Å². The number of hydrogen-bond acceptors (Lipinski definition) is 9. The Morgan fingerprint density at radius 3 is 3.00 bits per heavy atom.